The van der Waals surface area contributed by atoms with Gasteiger partial charge in [0.2, 0.25) is 0 Å². The second-order valence-corrected chi connectivity index (χ2v) is 6.28. The molecule has 0 amide bonds. The van der Waals surface area contributed by atoms with Crippen LogP contribution in [-0.2, 0) is 12.4 Å². The third-order valence-electron chi connectivity index (χ3n) is 4.18. The molecule has 0 radical (unpaired) electrons. The minimum atomic E-state index is -5.77. The molecule has 1 heterocycles. The molecule has 5 nitrogen and oxygen atoms in total. The molecule has 0 saturated carbocycles. The second-order valence-electron chi connectivity index (χ2n) is 6.28. The lowest BCUT2D eigenvalue weighted by molar-refractivity contribution is -0.221. The number of nitrogens with zero attached hydrogens (tertiary/aromatic N) is 3. The van der Waals surface area contributed by atoms with Crippen LogP contribution >= 0.6 is 0 Å². The molecular weight excluding hydrogens is 482 g/mol. The van der Waals surface area contributed by atoms with Crippen molar-refractivity contribution in [3.8, 4) is 6.07 Å². The lowest BCUT2D eigenvalue weighted by Crippen LogP contribution is -2.49. The Morgan fingerprint density at radius 3 is 1.62 bits per heavy atom. The molecule has 32 heavy (non-hydrogen) atoms. The van der Waals surface area contributed by atoms with E-state index in [1.54, 1.807) is 0 Å². The first-order chi connectivity index (χ1) is 14.2. The quantitative estimate of drug-likeness (QED) is 0.611. The van der Waals surface area contributed by atoms with Gasteiger partial charge in [0, 0.05) is 0 Å². The second kappa shape index (κ2) is 7.69. The van der Waals surface area contributed by atoms with E-state index in [0.717, 1.165) is 0 Å². The van der Waals surface area contributed by atoms with Gasteiger partial charge in [-0.1, -0.05) is 0 Å². The Morgan fingerprint density at radius 2 is 1.31 bits per heavy atom. The zero-order valence-electron chi connectivity index (χ0n) is 14.7. The predicted molar refractivity (Wildman–Crippen MR) is 78.7 cm³/mol. The molecule has 0 spiro atoms. The maximum absolute atomic E-state index is 13.2. The molecule has 0 fully saturated rings. The van der Waals surface area contributed by atoms with E-state index in [1.807, 2.05) is 0 Å². The summed E-state index contributed by atoms with van der Waals surface area (Å²) in [5, 5.41) is 29.8. The van der Waals surface area contributed by atoms with Crippen molar-refractivity contribution in [2.24, 2.45) is 11.0 Å². The van der Waals surface area contributed by atoms with Crippen molar-refractivity contribution in [3.05, 3.63) is 28.8 Å². The number of nitriles is 1. The molecular formula is C15H7F12N3O2. The van der Waals surface area contributed by atoms with Crippen LogP contribution in [0.3, 0.4) is 0 Å². The summed E-state index contributed by atoms with van der Waals surface area (Å²) in [4.78, 5) is 0. The van der Waals surface area contributed by atoms with Crippen molar-refractivity contribution < 1.29 is 62.9 Å². The zero-order chi connectivity index (χ0) is 25.0. The van der Waals surface area contributed by atoms with Crippen LogP contribution in [0.4, 0.5) is 58.4 Å². The summed E-state index contributed by atoms with van der Waals surface area (Å²) in [7, 11) is 0. The van der Waals surface area contributed by atoms with Gasteiger partial charge in [-0.25, -0.2) is 5.01 Å². The fraction of sp³-hybridized carbons (Fsp3) is 0.467. The van der Waals surface area contributed by atoms with E-state index in [9.17, 15) is 62.9 Å². The molecule has 3 atom stereocenters. The summed E-state index contributed by atoms with van der Waals surface area (Å²) >= 11 is 0. The van der Waals surface area contributed by atoms with Crippen LogP contribution in [-0.4, -0.2) is 40.6 Å². The van der Waals surface area contributed by atoms with Gasteiger partial charge in [-0.3, -0.25) is 0 Å². The SMILES string of the molecule is N#Cc1c(C(F)(F)F)cc(N2N=C(C(F)(F)F)C(C(O)C(F)(F)F)C2O)cc1C(F)(F)F. The third kappa shape index (κ3) is 4.70. The highest BCUT2D eigenvalue weighted by molar-refractivity contribution is 5.95. The van der Waals surface area contributed by atoms with Crippen molar-refractivity contribution in [2.45, 2.75) is 37.0 Å². The van der Waals surface area contributed by atoms with E-state index >= 15 is 0 Å². The molecule has 0 bridgehead atoms. The van der Waals surface area contributed by atoms with E-state index < -0.39 is 76.1 Å². The standard InChI is InChI=1S/C15H7F12N3O2/c16-12(17,18)6-1-4(2-7(5(6)3-28)13(19,20)21)30-11(32)8(10(31)15(25,26)27)9(29-30)14(22,23)24/h1-2,8,10-11,31-32H. The van der Waals surface area contributed by atoms with E-state index in [0.29, 0.717) is 6.07 Å². The number of rotatable bonds is 2. The van der Waals surface area contributed by atoms with Gasteiger partial charge in [0.1, 0.15) is 6.07 Å². The summed E-state index contributed by atoms with van der Waals surface area (Å²) in [5.74, 6) is -3.32. The van der Waals surface area contributed by atoms with Crippen LogP contribution in [0.1, 0.15) is 16.7 Å². The van der Waals surface area contributed by atoms with Gasteiger partial charge in [0.05, 0.1) is 28.3 Å². The Balaban J connectivity index is 2.79. The summed E-state index contributed by atoms with van der Waals surface area (Å²) in [6.07, 6.45) is -29.9. The Hall–Kier alpha value is -2.74. The minimum Gasteiger partial charge on any atom is -0.383 e. The van der Waals surface area contributed by atoms with Crippen molar-refractivity contribution >= 4 is 11.4 Å². The van der Waals surface area contributed by atoms with Gasteiger partial charge in [-0.15, -0.1) is 0 Å². The fourth-order valence-electron chi connectivity index (χ4n) is 2.83. The molecule has 17 heteroatoms. The number of hydrazone groups is 1. The predicted octanol–water partition coefficient (Wildman–Crippen LogP) is 4.19. The number of aliphatic hydroxyl groups excluding tert-OH is 2. The summed E-state index contributed by atoms with van der Waals surface area (Å²) in [6, 6.07) is 0.0711. The largest absolute Gasteiger partial charge is 0.431 e. The van der Waals surface area contributed by atoms with Crippen molar-refractivity contribution in [1.29, 1.82) is 5.26 Å². The molecule has 0 saturated heterocycles. The number of hydrogen-bond donors (Lipinski definition) is 2. The topological polar surface area (TPSA) is 79.9 Å². The van der Waals surface area contributed by atoms with Crippen molar-refractivity contribution in [3.63, 3.8) is 0 Å². The van der Waals surface area contributed by atoms with Gasteiger partial charge >= 0.3 is 24.7 Å². The smallest absolute Gasteiger partial charge is 0.383 e. The highest BCUT2D eigenvalue weighted by Gasteiger charge is 2.59. The van der Waals surface area contributed by atoms with Crippen LogP contribution in [0.2, 0.25) is 0 Å². The van der Waals surface area contributed by atoms with Crippen LogP contribution in [0.15, 0.2) is 17.2 Å². The van der Waals surface area contributed by atoms with Gasteiger partial charge in [-0.2, -0.15) is 63.0 Å². The van der Waals surface area contributed by atoms with E-state index in [-0.39, 0.29) is 12.1 Å². The number of anilines is 1. The molecule has 1 aromatic rings. The average Bonchev–Trinajstić information content (AvgIpc) is 2.94. The third-order valence-corrected chi connectivity index (χ3v) is 4.18. The lowest BCUT2D eigenvalue weighted by atomic mass is 9.94. The van der Waals surface area contributed by atoms with Crippen LogP contribution in [0.5, 0.6) is 0 Å². The van der Waals surface area contributed by atoms with E-state index in [4.69, 9.17) is 5.26 Å². The molecule has 0 aromatic heterocycles. The van der Waals surface area contributed by atoms with Crippen molar-refractivity contribution in [2.75, 3.05) is 5.01 Å². The van der Waals surface area contributed by atoms with Crippen LogP contribution < -0.4 is 5.01 Å². The van der Waals surface area contributed by atoms with Crippen LogP contribution in [0.25, 0.3) is 0 Å². The van der Waals surface area contributed by atoms with Gasteiger partial charge in [0.25, 0.3) is 0 Å². The number of benzene rings is 1. The van der Waals surface area contributed by atoms with Gasteiger partial charge < -0.3 is 10.2 Å². The maximum Gasteiger partial charge on any atom is 0.431 e. The maximum atomic E-state index is 13.2. The minimum absolute atomic E-state index is 0.295. The highest BCUT2D eigenvalue weighted by Crippen LogP contribution is 2.45. The normalized spacial score (nSPS) is 21.4. The highest BCUT2D eigenvalue weighted by atomic mass is 19.4. The van der Waals surface area contributed by atoms with Crippen LogP contribution in [0, 0.1) is 17.2 Å². The van der Waals surface area contributed by atoms with Gasteiger partial charge in [0.15, 0.2) is 18.0 Å². The number of alkyl halides is 12. The Kier molecular flexibility index (Phi) is 6.13. The van der Waals surface area contributed by atoms with Gasteiger partial charge in [-0.05, 0) is 12.1 Å². The molecule has 1 aliphatic heterocycles. The van der Waals surface area contributed by atoms with E-state index in [1.165, 1.54) is 0 Å². The lowest BCUT2D eigenvalue weighted by Gasteiger charge is -2.28. The van der Waals surface area contributed by atoms with Crippen molar-refractivity contribution in [1.82, 2.24) is 0 Å². The molecule has 1 aromatic carbocycles. The molecule has 2 N–H and O–H groups in total. The summed E-state index contributed by atoms with van der Waals surface area (Å²) in [5.41, 5.74) is -10.6. The molecule has 3 unspecified atom stereocenters. The molecule has 2 rings (SSSR count). The Bertz CT molecular complexity index is 920. The first kappa shape index (κ1) is 25.5. The fourth-order valence-corrected chi connectivity index (χ4v) is 2.83. The van der Waals surface area contributed by atoms with E-state index in [2.05, 4.69) is 5.10 Å². The Morgan fingerprint density at radius 1 is 0.875 bits per heavy atom. The first-order valence-electron chi connectivity index (χ1n) is 7.81. The summed E-state index contributed by atoms with van der Waals surface area (Å²) < 4.78 is 157. The monoisotopic (exact) mass is 489 g/mol. The number of halogens is 12. The Labute approximate surface area is 168 Å². The number of aliphatic hydroxyl groups is 2. The summed E-state index contributed by atoms with van der Waals surface area (Å²) in [6.45, 7) is 0. The number of hydrogen-bond acceptors (Lipinski definition) is 5. The molecule has 178 valence electrons. The first-order valence-corrected chi connectivity index (χ1v) is 7.81. The zero-order valence-corrected chi connectivity index (χ0v) is 14.7. The molecule has 0 aliphatic carbocycles. The molecule has 1 aliphatic rings. The average molecular weight is 489 g/mol.